The Morgan fingerprint density at radius 3 is 2.66 bits per heavy atom. The van der Waals surface area contributed by atoms with Crippen molar-refractivity contribution < 1.29 is 4.79 Å². The van der Waals surface area contributed by atoms with Gasteiger partial charge >= 0.3 is 0 Å². The van der Waals surface area contributed by atoms with Crippen molar-refractivity contribution in [3.05, 3.63) is 35.5 Å². The Balaban J connectivity index is 1.20. The normalized spacial score (nSPS) is 19.4. The van der Waals surface area contributed by atoms with E-state index in [4.69, 9.17) is 0 Å². The van der Waals surface area contributed by atoms with Crippen molar-refractivity contribution in [2.75, 3.05) is 56.0 Å². The number of nitrogens with one attached hydrogen (secondary N) is 1. The van der Waals surface area contributed by atoms with Gasteiger partial charge in [0.1, 0.15) is 5.82 Å². The first-order chi connectivity index (χ1) is 14.2. The third-order valence-electron chi connectivity index (χ3n) is 5.77. The molecule has 7 nitrogen and oxygen atoms in total. The fourth-order valence-electron chi connectivity index (χ4n) is 3.92. The van der Waals surface area contributed by atoms with Crippen LogP contribution in [0.15, 0.2) is 29.8 Å². The molecule has 0 aromatic carbocycles. The van der Waals surface area contributed by atoms with Gasteiger partial charge in [0.2, 0.25) is 5.91 Å². The second kappa shape index (κ2) is 9.65. The van der Waals surface area contributed by atoms with Gasteiger partial charge in [0.05, 0.1) is 12.2 Å². The van der Waals surface area contributed by atoms with E-state index in [9.17, 15) is 4.79 Å². The monoisotopic (exact) mass is 414 g/mol. The molecule has 0 radical (unpaired) electrons. The maximum atomic E-state index is 12.4. The zero-order valence-corrected chi connectivity index (χ0v) is 17.9. The van der Waals surface area contributed by atoms with E-state index in [0.29, 0.717) is 11.7 Å². The Bertz CT molecular complexity index is 781. The third-order valence-corrected chi connectivity index (χ3v) is 6.58. The van der Waals surface area contributed by atoms with Crippen LogP contribution in [0.5, 0.6) is 0 Å². The van der Waals surface area contributed by atoms with E-state index in [0.717, 1.165) is 63.2 Å². The van der Waals surface area contributed by atoms with Crippen LogP contribution in [0, 0.1) is 5.92 Å². The highest BCUT2D eigenvalue weighted by Crippen LogP contribution is 2.21. The smallest absolute Gasteiger partial charge is 0.240 e. The van der Waals surface area contributed by atoms with Crippen LogP contribution in [-0.2, 0) is 11.3 Å². The number of rotatable bonds is 6. The molecule has 1 N–H and O–H groups in total. The Hall–Kier alpha value is -2.03. The fraction of sp³-hybridized carbons (Fsp3) is 0.571. The standard InChI is InChI=1S/C21H30N6OS/c1-17-5-8-25(9-6-17)14-18-16-29-21(23-18)24-20(28)15-26-10-12-27(13-11-26)19-4-2-3-7-22-19/h2-4,7,16-17H,5-6,8-15H2,1H3,(H,23,24,28). The van der Waals surface area contributed by atoms with Crippen molar-refractivity contribution in [1.29, 1.82) is 0 Å². The summed E-state index contributed by atoms with van der Waals surface area (Å²) in [5.41, 5.74) is 1.06. The molecule has 0 saturated carbocycles. The summed E-state index contributed by atoms with van der Waals surface area (Å²) in [5, 5.41) is 5.76. The number of nitrogens with zero attached hydrogens (tertiary/aromatic N) is 5. The lowest BCUT2D eigenvalue weighted by Gasteiger charge is -2.34. The van der Waals surface area contributed by atoms with E-state index in [2.05, 4.69) is 42.3 Å². The molecule has 0 spiro atoms. The largest absolute Gasteiger partial charge is 0.354 e. The average molecular weight is 415 g/mol. The molecule has 0 aliphatic carbocycles. The summed E-state index contributed by atoms with van der Waals surface area (Å²) in [7, 11) is 0. The lowest BCUT2D eigenvalue weighted by molar-refractivity contribution is -0.117. The molecule has 2 aromatic rings. The molecular weight excluding hydrogens is 384 g/mol. The number of anilines is 2. The predicted octanol–water partition coefficient (Wildman–Crippen LogP) is 2.53. The molecule has 0 unspecified atom stereocenters. The molecule has 0 bridgehead atoms. The Morgan fingerprint density at radius 2 is 1.93 bits per heavy atom. The molecule has 2 aromatic heterocycles. The summed E-state index contributed by atoms with van der Waals surface area (Å²) in [4.78, 5) is 28.4. The summed E-state index contributed by atoms with van der Waals surface area (Å²) < 4.78 is 0. The van der Waals surface area contributed by atoms with Crippen LogP contribution in [0.4, 0.5) is 10.9 Å². The number of carbonyl (C=O) groups is 1. The fourth-order valence-corrected chi connectivity index (χ4v) is 4.64. The molecule has 1 amide bonds. The third kappa shape index (κ3) is 5.74. The van der Waals surface area contributed by atoms with Gasteiger partial charge in [0.15, 0.2) is 5.13 Å². The molecule has 2 fully saturated rings. The van der Waals surface area contributed by atoms with Crippen molar-refractivity contribution in [2.45, 2.75) is 26.3 Å². The van der Waals surface area contributed by atoms with E-state index in [1.165, 1.54) is 24.2 Å². The van der Waals surface area contributed by atoms with E-state index < -0.39 is 0 Å². The number of pyridine rings is 1. The van der Waals surface area contributed by atoms with Crippen LogP contribution in [0.3, 0.4) is 0 Å². The number of hydrogen-bond donors (Lipinski definition) is 1. The van der Waals surface area contributed by atoms with E-state index >= 15 is 0 Å². The van der Waals surface area contributed by atoms with Crippen molar-refractivity contribution in [1.82, 2.24) is 19.8 Å². The lowest BCUT2D eigenvalue weighted by atomic mass is 9.99. The van der Waals surface area contributed by atoms with Gasteiger partial charge in [-0.3, -0.25) is 14.6 Å². The van der Waals surface area contributed by atoms with Crippen LogP contribution in [0.25, 0.3) is 0 Å². The van der Waals surface area contributed by atoms with Gasteiger partial charge in [0.25, 0.3) is 0 Å². The van der Waals surface area contributed by atoms with Crippen molar-refractivity contribution in [3.8, 4) is 0 Å². The van der Waals surface area contributed by atoms with Crippen molar-refractivity contribution in [3.63, 3.8) is 0 Å². The summed E-state index contributed by atoms with van der Waals surface area (Å²) in [6.07, 6.45) is 4.35. The molecular formula is C21H30N6OS. The number of thiazole rings is 1. The molecule has 2 aliphatic heterocycles. The summed E-state index contributed by atoms with van der Waals surface area (Å²) in [5.74, 6) is 1.86. The number of likely N-dealkylation sites (tertiary alicyclic amines) is 1. The lowest BCUT2D eigenvalue weighted by Crippen LogP contribution is -2.48. The zero-order chi connectivity index (χ0) is 20.1. The predicted molar refractivity (Wildman–Crippen MR) is 117 cm³/mol. The van der Waals surface area contributed by atoms with Gasteiger partial charge in [-0.25, -0.2) is 9.97 Å². The van der Waals surface area contributed by atoms with Crippen molar-refractivity contribution >= 4 is 28.2 Å². The maximum absolute atomic E-state index is 12.4. The maximum Gasteiger partial charge on any atom is 0.240 e. The molecule has 4 heterocycles. The van der Waals surface area contributed by atoms with Crippen LogP contribution < -0.4 is 10.2 Å². The molecule has 2 aliphatic rings. The van der Waals surface area contributed by atoms with Crippen LogP contribution >= 0.6 is 11.3 Å². The first-order valence-corrected chi connectivity index (χ1v) is 11.4. The van der Waals surface area contributed by atoms with Gasteiger partial charge in [-0.15, -0.1) is 11.3 Å². The number of hydrogen-bond acceptors (Lipinski definition) is 7. The van der Waals surface area contributed by atoms with Crippen molar-refractivity contribution in [2.24, 2.45) is 5.92 Å². The van der Waals surface area contributed by atoms with Crippen LogP contribution in [0.1, 0.15) is 25.5 Å². The first-order valence-electron chi connectivity index (χ1n) is 10.5. The van der Waals surface area contributed by atoms with Gasteiger partial charge < -0.3 is 10.2 Å². The Morgan fingerprint density at radius 1 is 1.14 bits per heavy atom. The van der Waals surface area contributed by atoms with Crippen LogP contribution in [0.2, 0.25) is 0 Å². The van der Waals surface area contributed by atoms with Gasteiger partial charge in [-0.05, 0) is 44.0 Å². The van der Waals surface area contributed by atoms with Gasteiger partial charge in [0, 0.05) is 44.3 Å². The van der Waals surface area contributed by atoms with Crippen LogP contribution in [-0.4, -0.2) is 71.5 Å². The summed E-state index contributed by atoms with van der Waals surface area (Å²) in [6.45, 7) is 9.41. The number of aromatic nitrogens is 2. The highest BCUT2D eigenvalue weighted by Gasteiger charge is 2.21. The van der Waals surface area contributed by atoms with E-state index in [1.54, 1.807) is 0 Å². The molecule has 156 valence electrons. The number of piperazine rings is 1. The molecule has 29 heavy (non-hydrogen) atoms. The average Bonchev–Trinajstić information content (AvgIpc) is 3.17. The minimum Gasteiger partial charge on any atom is -0.354 e. The van der Waals surface area contributed by atoms with E-state index in [-0.39, 0.29) is 5.91 Å². The van der Waals surface area contributed by atoms with Gasteiger partial charge in [-0.1, -0.05) is 13.0 Å². The second-order valence-corrected chi connectivity index (χ2v) is 8.96. The quantitative estimate of drug-likeness (QED) is 0.784. The Kier molecular flexibility index (Phi) is 6.74. The topological polar surface area (TPSA) is 64.6 Å². The minimum absolute atomic E-state index is 0.0176. The van der Waals surface area contributed by atoms with Gasteiger partial charge in [-0.2, -0.15) is 0 Å². The molecule has 0 atom stereocenters. The SMILES string of the molecule is CC1CCN(Cc2csc(NC(=O)CN3CCN(c4ccccn4)CC3)n2)CC1. The zero-order valence-electron chi connectivity index (χ0n) is 17.1. The molecule has 4 rings (SSSR count). The Labute approximate surface area is 176 Å². The number of piperidine rings is 1. The highest BCUT2D eigenvalue weighted by atomic mass is 32.1. The van der Waals surface area contributed by atoms with E-state index in [1.807, 2.05) is 24.4 Å². The minimum atomic E-state index is 0.0176. The first kappa shape index (κ1) is 20.3. The number of carbonyl (C=O) groups excluding carboxylic acids is 1. The second-order valence-electron chi connectivity index (χ2n) is 8.10. The molecule has 2 saturated heterocycles. The summed E-state index contributed by atoms with van der Waals surface area (Å²) >= 11 is 1.52. The molecule has 8 heteroatoms. The summed E-state index contributed by atoms with van der Waals surface area (Å²) in [6, 6.07) is 5.98. The number of amides is 1. The highest BCUT2D eigenvalue weighted by molar-refractivity contribution is 7.13.